The van der Waals surface area contributed by atoms with Gasteiger partial charge in [0.2, 0.25) is 0 Å². The van der Waals surface area contributed by atoms with Crippen molar-refractivity contribution in [3.8, 4) is 0 Å². The lowest BCUT2D eigenvalue weighted by atomic mass is 10.1. The lowest BCUT2D eigenvalue weighted by Gasteiger charge is -1.96. The highest BCUT2D eigenvalue weighted by Gasteiger charge is 2.08. The SMILES string of the molecule is NCCc1ccoc1CC(=O)O. The number of rotatable bonds is 4. The molecule has 0 atom stereocenters. The van der Waals surface area contributed by atoms with E-state index in [9.17, 15) is 4.79 Å². The average molecular weight is 169 g/mol. The van der Waals surface area contributed by atoms with E-state index in [2.05, 4.69) is 0 Å². The van der Waals surface area contributed by atoms with E-state index in [-0.39, 0.29) is 6.42 Å². The predicted octanol–water partition coefficient (Wildman–Crippen LogP) is 0.408. The molecule has 0 saturated heterocycles. The highest BCUT2D eigenvalue weighted by Crippen LogP contribution is 2.11. The van der Waals surface area contributed by atoms with E-state index in [0.717, 1.165) is 5.56 Å². The van der Waals surface area contributed by atoms with Gasteiger partial charge in [-0.1, -0.05) is 0 Å². The summed E-state index contributed by atoms with van der Waals surface area (Å²) in [4.78, 5) is 10.3. The van der Waals surface area contributed by atoms with Gasteiger partial charge in [-0.2, -0.15) is 0 Å². The second-order valence-corrected chi connectivity index (χ2v) is 2.48. The monoisotopic (exact) mass is 169 g/mol. The Hall–Kier alpha value is -1.29. The molecule has 4 heteroatoms. The summed E-state index contributed by atoms with van der Waals surface area (Å²) in [5, 5.41) is 8.49. The Labute approximate surface area is 70.0 Å². The number of carboxylic acid groups (broad SMARTS) is 1. The molecule has 0 aliphatic rings. The molecule has 0 aromatic carbocycles. The van der Waals surface area contributed by atoms with Gasteiger partial charge in [-0.05, 0) is 24.6 Å². The van der Waals surface area contributed by atoms with Crippen LogP contribution < -0.4 is 5.73 Å². The molecule has 1 heterocycles. The van der Waals surface area contributed by atoms with Gasteiger partial charge in [0.25, 0.3) is 0 Å². The summed E-state index contributed by atoms with van der Waals surface area (Å²) in [7, 11) is 0. The van der Waals surface area contributed by atoms with Gasteiger partial charge in [-0.25, -0.2) is 0 Å². The van der Waals surface area contributed by atoms with Crippen molar-refractivity contribution in [3.63, 3.8) is 0 Å². The van der Waals surface area contributed by atoms with Gasteiger partial charge in [0.05, 0.1) is 6.26 Å². The minimum absolute atomic E-state index is 0.0671. The predicted molar refractivity (Wildman–Crippen MR) is 42.8 cm³/mol. The van der Waals surface area contributed by atoms with Gasteiger partial charge in [0.15, 0.2) is 0 Å². The summed E-state index contributed by atoms with van der Waals surface area (Å²) in [5.74, 6) is -0.379. The van der Waals surface area contributed by atoms with E-state index in [1.807, 2.05) is 0 Å². The van der Waals surface area contributed by atoms with E-state index < -0.39 is 5.97 Å². The van der Waals surface area contributed by atoms with Crippen LogP contribution in [0.15, 0.2) is 16.7 Å². The molecule has 0 aliphatic carbocycles. The third-order valence-corrected chi connectivity index (χ3v) is 1.56. The van der Waals surface area contributed by atoms with Crippen LogP contribution in [0.5, 0.6) is 0 Å². The Kier molecular flexibility index (Phi) is 2.88. The molecule has 1 aromatic heterocycles. The first-order valence-corrected chi connectivity index (χ1v) is 3.71. The fourth-order valence-corrected chi connectivity index (χ4v) is 1.04. The van der Waals surface area contributed by atoms with Gasteiger partial charge >= 0.3 is 5.97 Å². The zero-order chi connectivity index (χ0) is 8.97. The lowest BCUT2D eigenvalue weighted by Crippen LogP contribution is -2.06. The third-order valence-electron chi connectivity index (χ3n) is 1.56. The quantitative estimate of drug-likeness (QED) is 0.684. The molecule has 0 bridgehead atoms. The smallest absolute Gasteiger partial charge is 0.311 e. The van der Waals surface area contributed by atoms with E-state index in [4.69, 9.17) is 15.3 Å². The molecule has 3 N–H and O–H groups in total. The molecule has 0 unspecified atom stereocenters. The Morgan fingerprint density at radius 3 is 3.00 bits per heavy atom. The molecule has 1 aromatic rings. The Morgan fingerprint density at radius 1 is 1.67 bits per heavy atom. The van der Waals surface area contributed by atoms with E-state index in [1.165, 1.54) is 6.26 Å². The van der Waals surface area contributed by atoms with Crippen molar-refractivity contribution in [2.45, 2.75) is 12.8 Å². The van der Waals surface area contributed by atoms with Crippen LogP contribution >= 0.6 is 0 Å². The first kappa shape index (κ1) is 8.80. The van der Waals surface area contributed by atoms with Crippen LogP contribution in [0.25, 0.3) is 0 Å². The minimum Gasteiger partial charge on any atom is -0.481 e. The topological polar surface area (TPSA) is 76.5 Å². The van der Waals surface area contributed by atoms with Crippen molar-refractivity contribution in [2.75, 3.05) is 6.54 Å². The van der Waals surface area contributed by atoms with Gasteiger partial charge in [-0.15, -0.1) is 0 Å². The molecule has 0 aliphatic heterocycles. The van der Waals surface area contributed by atoms with Crippen LogP contribution in [0.4, 0.5) is 0 Å². The van der Waals surface area contributed by atoms with Gasteiger partial charge in [0.1, 0.15) is 12.2 Å². The molecular formula is C8H11NO3. The maximum absolute atomic E-state index is 10.3. The normalized spacial score (nSPS) is 10.1. The largest absolute Gasteiger partial charge is 0.481 e. The van der Waals surface area contributed by atoms with Crippen molar-refractivity contribution in [1.29, 1.82) is 0 Å². The summed E-state index contributed by atoms with van der Waals surface area (Å²) in [6.45, 7) is 0.506. The van der Waals surface area contributed by atoms with E-state index >= 15 is 0 Å². The molecule has 0 radical (unpaired) electrons. The molecular weight excluding hydrogens is 158 g/mol. The second kappa shape index (κ2) is 3.92. The van der Waals surface area contributed by atoms with Crippen molar-refractivity contribution in [3.05, 3.63) is 23.7 Å². The minimum atomic E-state index is -0.886. The Balaban J connectivity index is 2.69. The molecule has 0 spiro atoms. The van der Waals surface area contributed by atoms with Crippen LogP contribution in [-0.2, 0) is 17.6 Å². The fraction of sp³-hybridized carbons (Fsp3) is 0.375. The summed E-state index contributed by atoms with van der Waals surface area (Å²) in [5.41, 5.74) is 6.22. The third kappa shape index (κ3) is 2.10. The maximum Gasteiger partial charge on any atom is 0.311 e. The Morgan fingerprint density at radius 2 is 2.42 bits per heavy atom. The molecule has 0 saturated carbocycles. The van der Waals surface area contributed by atoms with Crippen LogP contribution in [-0.4, -0.2) is 17.6 Å². The number of hydrogen-bond acceptors (Lipinski definition) is 3. The number of hydrogen-bond donors (Lipinski definition) is 2. The standard InChI is InChI=1S/C8H11NO3/c9-3-1-6-2-4-12-7(6)5-8(10)11/h2,4H,1,3,5,9H2,(H,10,11). The van der Waals surface area contributed by atoms with Crippen molar-refractivity contribution >= 4 is 5.97 Å². The molecule has 12 heavy (non-hydrogen) atoms. The average Bonchev–Trinajstić information content (AvgIpc) is 2.37. The summed E-state index contributed by atoms with van der Waals surface area (Å²) < 4.78 is 4.99. The van der Waals surface area contributed by atoms with Crippen molar-refractivity contribution < 1.29 is 14.3 Å². The molecule has 1 rings (SSSR count). The van der Waals surface area contributed by atoms with Crippen molar-refractivity contribution in [2.24, 2.45) is 5.73 Å². The molecule has 0 fully saturated rings. The first-order chi connectivity index (χ1) is 5.74. The lowest BCUT2D eigenvalue weighted by molar-refractivity contribution is -0.136. The molecule has 4 nitrogen and oxygen atoms in total. The number of carbonyl (C=O) groups is 1. The number of carboxylic acids is 1. The van der Waals surface area contributed by atoms with Gasteiger partial charge in [0, 0.05) is 0 Å². The maximum atomic E-state index is 10.3. The Bertz CT molecular complexity index is 267. The van der Waals surface area contributed by atoms with Gasteiger partial charge < -0.3 is 15.3 Å². The van der Waals surface area contributed by atoms with Gasteiger partial charge in [-0.3, -0.25) is 4.79 Å². The second-order valence-electron chi connectivity index (χ2n) is 2.48. The van der Waals surface area contributed by atoms with Crippen LogP contribution in [0, 0.1) is 0 Å². The van der Waals surface area contributed by atoms with Crippen LogP contribution in [0.3, 0.4) is 0 Å². The van der Waals surface area contributed by atoms with Crippen molar-refractivity contribution in [1.82, 2.24) is 0 Å². The summed E-state index contributed by atoms with van der Waals surface area (Å²) in [6, 6.07) is 1.76. The highest BCUT2D eigenvalue weighted by atomic mass is 16.4. The van der Waals surface area contributed by atoms with Crippen LogP contribution in [0.1, 0.15) is 11.3 Å². The molecule has 0 amide bonds. The summed E-state index contributed by atoms with van der Waals surface area (Å²) >= 11 is 0. The highest BCUT2D eigenvalue weighted by molar-refractivity contribution is 5.69. The number of furan rings is 1. The fourth-order valence-electron chi connectivity index (χ4n) is 1.04. The number of nitrogens with two attached hydrogens (primary N) is 1. The summed E-state index contributed by atoms with van der Waals surface area (Å²) in [6.07, 6.45) is 2.09. The van der Waals surface area contributed by atoms with Crippen LogP contribution in [0.2, 0.25) is 0 Å². The zero-order valence-corrected chi connectivity index (χ0v) is 6.62. The zero-order valence-electron chi connectivity index (χ0n) is 6.62. The first-order valence-electron chi connectivity index (χ1n) is 3.71. The van der Waals surface area contributed by atoms with E-state index in [0.29, 0.717) is 18.7 Å². The molecule has 66 valence electrons. The van der Waals surface area contributed by atoms with E-state index in [1.54, 1.807) is 6.07 Å². The number of aliphatic carboxylic acids is 1.